The van der Waals surface area contributed by atoms with E-state index in [0.717, 1.165) is 31.7 Å². The first-order valence-electron chi connectivity index (χ1n) is 6.69. The molecule has 0 saturated heterocycles. The van der Waals surface area contributed by atoms with Gasteiger partial charge >= 0.3 is 0 Å². The Labute approximate surface area is 118 Å². The second-order valence-electron chi connectivity index (χ2n) is 4.27. The minimum absolute atomic E-state index is 0.689. The van der Waals surface area contributed by atoms with Crippen LogP contribution in [0.5, 0.6) is 0 Å². The lowest BCUT2D eigenvalue weighted by molar-refractivity contribution is 0.950. The van der Waals surface area contributed by atoms with Gasteiger partial charge in [0.05, 0.1) is 6.54 Å². The van der Waals surface area contributed by atoms with Crippen molar-refractivity contribution in [3.63, 3.8) is 0 Å². The molecule has 4 nitrogen and oxygen atoms in total. The van der Waals surface area contributed by atoms with Crippen LogP contribution < -0.4 is 10.6 Å². The molecule has 0 saturated carbocycles. The van der Waals surface area contributed by atoms with Gasteiger partial charge in [-0.1, -0.05) is 13.8 Å². The van der Waals surface area contributed by atoms with E-state index in [1.54, 1.807) is 17.5 Å². The second-order valence-corrected chi connectivity index (χ2v) is 5.27. The molecule has 0 fully saturated rings. The van der Waals surface area contributed by atoms with Crippen LogP contribution in [0.15, 0.2) is 23.7 Å². The molecule has 2 N–H and O–H groups in total. The molecule has 0 aromatic carbocycles. The normalized spacial score (nSPS) is 10.4. The maximum absolute atomic E-state index is 4.44. The highest BCUT2D eigenvalue weighted by Gasteiger charge is 2.03. The van der Waals surface area contributed by atoms with Crippen molar-refractivity contribution in [2.45, 2.75) is 33.2 Å². The molecule has 0 aliphatic rings. The molecule has 102 valence electrons. The van der Waals surface area contributed by atoms with Crippen LogP contribution in [-0.2, 0) is 13.0 Å². The fraction of sp³-hybridized carbons (Fsp3) is 0.429. The van der Waals surface area contributed by atoms with Crippen LogP contribution in [0.25, 0.3) is 0 Å². The largest absolute Gasteiger partial charge is 0.365 e. The van der Waals surface area contributed by atoms with Crippen molar-refractivity contribution < 1.29 is 0 Å². The summed E-state index contributed by atoms with van der Waals surface area (Å²) in [6.07, 6.45) is 3.92. The zero-order valence-corrected chi connectivity index (χ0v) is 12.3. The van der Waals surface area contributed by atoms with Gasteiger partial charge in [0.2, 0.25) is 5.95 Å². The van der Waals surface area contributed by atoms with Gasteiger partial charge < -0.3 is 10.6 Å². The first-order chi connectivity index (χ1) is 9.33. The highest BCUT2D eigenvalue weighted by Crippen LogP contribution is 2.18. The average molecular weight is 276 g/mol. The zero-order chi connectivity index (χ0) is 13.5. The Morgan fingerprint density at radius 3 is 2.89 bits per heavy atom. The van der Waals surface area contributed by atoms with Crippen LogP contribution in [0.1, 0.15) is 30.7 Å². The Hall–Kier alpha value is -1.62. The average Bonchev–Trinajstić information content (AvgIpc) is 2.91. The number of thiophene rings is 1. The maximum Gasteiger partial charge on any atom is 0.224 e. The molecule has 2 rings (SSSR count). The molecule has 2 aromatic heterocycles. The van der Waals surface area contributed by atoms with Gasteiger partial charge in [0.25, 0.3) is 0 Å². The van der Waals surface area contributed by atoms with Gasteiger partial charge in [-0.15, -0.1) is 11.3 Å². The van der Waals surface area contributed by atoms with Crippen molar-refractivity contribution in [3.8, 4) is 0 Å². The minimum Gasteiger partial charge on any atom is -0.365 e. The van der Waals surface area contributed by atoms with E-state index in [4.69, 9.17) is 0 Å². The molecule has 2 aromatic rings. The van der Waals surface area contributed by atoms with Gasteiger partial charge in [0.15, 0.2) is 0 Å². The summed E-state index contributed by atoms with van der Waals surface area (Å²) in [5, 5.41) is 8.69. The van der Waals surface area contributed by atoms with E-state index < -0.39 is 0 Å². The summed E-state index contributed by atoms with van der Waals surface area (Å²) in [7, 11) is 0. The molecular weight excluding hydrogens is 256 g/mol. The quantitative estimate of drug-likeness (QED) is 0.812. The lowest BCUT2D eigenvalue weighted by atomic mass is 10.2. The highest BCUT2D eigenvalue weighted by molar-refractivity contribution is 7.10. The molecule has 5 heteroatoms. The predicted octanol–water partition coefficient (Wildman–Crippen LogP) is 3.53. The van der Waals surface area contributed by atoms with E-state index in [1.807, 2.05) is 6.07 Å². The van der Waals surface area contributed by atoms with Crippen LogP contribution in [0.4, 0.5) is 11.8 Å². The van der Waals surface area contributed by atoms with Crippen molar-refractivity contribution in [1.82, 2.24) is 9.97 Å². The van der Waals surface area contributed by atoms with Gasteiger partial charge in [-0.3, -0.25) is 0 Å². The van der Waals surface area contributed by atoms with Crippen molar-refractivity contribution in [3.05, 3.63) is 34.2 Å². The van der Waals surface area contributed by atoms with E-state index in [9.17, 15) is 0 Å². The van der Waals surface area contributed by atoms with Crippen molar-refractivity contribution >= 4 is 23.1 Å². The predicted molar refractivity (Wildman–Crippen MR) is 81.8 cm³/mol. The van der Waals surface area contributed by atoms with Crippen molar-refractivity contribution in [1.29, 1.82) is 0 Å². The van der Waals surface area contributed by atoms with Crippen molar-refractivity contribution in [2.24, 2.45) is 0 Å². The van der Waals surface area contributed by atoms with Crippen LogP contribution in [-0.4, -0.2) is 16.5 Å². The SMILES string of the molecule is CCCNc1nccc(NCc2sccc2CC)n1. The molecule has 0 bridgehead atoms. The van der Waals surface area contributed by atoms with E-state index in [-0.39, 0.29) is 0 Å². The number of aryl methyl sites for hydroxylation is 1. The number of nitrogens with one attached hydrogen (secondary N) is 2. The number of nitrogens with zero attached hydrogens (tertiary/aromatic N) is 2. The Bertz CT molecular complexity index is 510. The number of hydrogen-bond acceptors (Lipinski definition) is 5. The number of rotatable bonds is 7. The smallest absolute Gasteiger partial charge is 0.224 e. The zero-order valence-electron chi connectivity index (χ0n) is 11.4. The Balaban J connectivity index is 1.95. The monoisotopic (exact) mass is 276 g/mol. The minimum atomic E-state index is 0.689. The third-order valence-electron chi connectivity index (χ3n) is 2.84. The van der Waals surface area contributed by atoms with Crippen LogP contribution in [0.2, 0.25) is 0 Å². The lowest BCUT2D eigenvalue weighted by Crippen LogP contribution is -2.07. The highest BCUT2D eigenvalue weighted by atomic mass is 32.1. The fourth-order valence-electron chi connectivity index (χ4n) is 1.79. The summed E-state index contributed by atoms with van der Waals surface area (Å²) < 4.78 is 0. The Morgan fingerprint density at radius 1 is 1.21 bits per heavy atom. The molecule has 19 heavy (non-hydrogen) atoms. The first-order valence-corrected chi connectivity index (χ1v) is 7.57. The number of aromatic nitrogens is 2. The molecule has 0 unspecified atom stereocenters. The first kappa shape index (κ1) is 13.8. The topological polar surface area (TPSA) is 49.8 Å². The summed E-state index contributed by atoms with van der Waals surface area (Å²) in [6.45, 7) is 6.03. The fourth-order valence-corrected chi connectivity index (χ4v) is 2.70. The van der Waals surface area contributed by atoms with Gasteiger partial charge in [-0.2, -0.15) is 4.98 Å². The molecule has 2 heterocycles. The van der Waals surface area contributed by atoms with Gasteiger partial charge in [0, 0.05) is 17.6 Å². The van der Waals surface area contributed by atoms with E-state index in [2.05, 4.69) is 45.9 Å². The summed E-state index contributed by atoms with van der Waals surface area (Å²) >= 11 is 1.79. The van der Waals surface area contributed by atoms with Crippen molar-refractivity contribution in [2.75, 3.05) is 17.2 Å². The van der Waals surface area contributed by atoms with Gasteiger partial charge in [-0.25, -0.2) is 4.98 Å². The maximum atomic E-state index is 4.44. The summed E-state index contributed by atoms with van der Waals surface area (Å²) in [5.41, 5.74) is 1.41. The molecule has 0 amide bonds. The standard InChI is InChI=1S/C14H20N4S/c1-3-7-15-14-16-8-5-13(18-14)17-10-12-11(4-2)6-9-19-12/h5-6,8-9H,3-4,7,10H2,1-2H3,(H2,15,16,17,18). The van der Waals surface area contributed by atoms with E-state index in [1.165, 1.54) is 10.4 Å². The molecular formula is C14H20N4S. The number of hydrogen-bond donors (Lipinski definition) is 2. The third-order valence-corrected chi connectivity index (χ3v) is 3.80. The summed E-state index contributed by atoms with van der Waals surface area (Å²) in [4.78, 5) is 10.0. The third kappa shape index (κ3) is 3.92. The van der Waals surface area contributed by atoms with Gasteiger partial charge in [-0.05, 0) is 35.9 Å². The Kier molecular flexibility index (Phi) is 5.15. The van der Waals surface area contributed by atoms with Crippen LogP contribution in [0.3, 0.4) is 0 Å². The van der Waals surface area contributed by atoms with Crippen LogP contribution >= 0.6 is 11.3 Å². The van der Waals surface area contributed by atoms with E-state index in [0.29, 0.717) is 5.95 Å². The molecule has 0 aliphatic carbocycles. The number of anilines is 2. The molecule has 0 radical (unpaired) electrons. The van der Waals surface area contributed by atoms with Gasteiger partial charge in [0.1, 0.15) is 5.82 Å². The summed E-state index contributed by atoms with van der Waals surface area (Å²) in [5.74, 6) is 1.55. The molecule has 0 aliphatic heterocycles. The Morgan fingerprint density at radius 2 is 2.11 bits per heavy atom. The van der Waals surface area contributed by atoms with Crippen LogP contribution in [0, 0.1) is 0 Å². The van der Waals surface area contributed by atoms with E-state index >= 15 is 0 Å². The molecule has 0 spiro atoms. The summed E-state index contributed by atoms with van der Waals surface area (Å²) in [6, 6.07) is 4.09. The second kappa shape index (κ2) is 7.09. The molecule has 0 atom stereocenters. The lowest BCUT2D eigenvalue weighted by Gasteiger charge is -2.08.